The molecule has 2 N–H and O–H groups in total. The number of rotatable bonds is 5. The highest BCUT2D eigenvalue weighted by atomic mass is 32.2. The maximum absolute atomic E-state index is 13.3. The van der Waals surface area contributed by atoms with Gasteiger partial charge >= 0.3 is 0 Å². The van der Waals surface area contributed by atoms with Gasteiger partial charge in [-0.2, -0.15) is 0 Å². The number of hydrogen-bond acceptors (Lipinski definition) is 7. The fourth-order valence-corrected chi connectivity index (χ4v) is 4.76. The van der Waals surface area contributed by atoms with Gasteiger partial charge < -0.3 is 10.6 Å². The molecule has 9 heteroatoms. The first kappa shape index (κ1) is 19.8. The molecule has 0 atom stereocenters. The largest absolute Gasteiger partial charge is 0.399 e. The molecule has 1 aliphatic rings. The van der Waals surface area contributed by atoms with E-state index < -0.39 is 14.8 Å². The maximum Gasteiger partial charge on any atom is 0.270 e. The average molecular weight is 424 g/mol. The molecule has 0 spiro atoms. The molecule has 1 aromatic heterocycles. The fourth-order valence-electron chi connectivity index (χ4n) is 3.46. The minimum absolute atomic E-state index is 0.0798. The Balaban J connectivity index is 1.87. The lowest BCUT2D eigenvalue weighted by Gasteiger charge is -2.19. The minimum Gasteiger partial charge on any atom is -0.399 e. The number of nitrogen functional groups attached to an aromatic ring is 1. The molecule has 1 aliphatic heterocycles. The van der Waals surface area contributed by atoms with Crippen LogP contribution in [0.25, 0.3) is 11.3 Å². The van der Waals surface area contributed by atoms with E-state index in [0.29, 0.717) is 22.8 Å². The first-order valence-corrected chi connectivity index (χ1v) is 11.0. The van der Waals surface area contributed by atoms with E-state index in [4.69, 9.17) is 5.73 Å². The van der Waals surface area contributed by atoms with Crippen LogP contribution < -0.4 is 10.6 Å². The number of sulfone groups is 1. The summed E-state index contributed by atoms with van der Waals surface area (Å²) >= 11 is 0. The van der Waals surface area contributed by atoms with Crippen molar-refractivity contribution in [1.29, 1.82) is 0 Å². The normalized spacial score (nSPS) is 14.1. The lowest BCUT2D eigenvalue weighted by atomic mass is 10.1. The van der Waals surface area contributed by atoms with Gasteiger partial charge in [0.05, 0.1) is 20.4 Å². The van der Waals surface area contributed by atoms with Gasteiger partial charge in [0.15, 0.2) is 0 Å². The number of benzene rings is 2. The smallest absolute Gasteiger partial charge is 0.270 e. The van der Waals surface area contributed by atoms with Crippen LogP contribution in [0.5, 0.6) is 0 Å². The molecule has 8 nitrogen and oxygen atoms in total. The number of hydrogen-bond donors (Lipinski definition) is 1. The third kappa shape index (κ3) is 3.84. The van der Waals surface area contributed by atoms with Crippen LogP contribution in [-0.2, 0) is 9.84 Å². The monoisotopic (exact) mass is 424 g/mol. The van der Waals surface area contributed by atoms with Gasteiger partial charge in [0.2, 0.25) is 9.84 Å². The molecule has 3 aromatic rings. The van der Waals surface area contributed by atoms with Crippen molar-refractivity contribution in [2.75, 3.05) is 23.7 Å². The molecule has 2 heterocycles. The standard InChI is InChI=1S/C21H20N4O4S/c22-16-6-8-18(9-7-16)30(28,29)19-13-20(15-4-3-5-17(12-15)25(26)27)23-21(14-19)24-10-1-2-11-24/h3-9,12-14H,1-2,10-11,22H2. The molecule has 154 valence electrons. The molecule has 0 aliphatic carbocycles. The topological polar surface area (TPSA) is 119 Å². The number of pyridine rings is 1. The van der Waals surface area contributed by atoms with Crippen LogP contribution in [0.1, 0.15) is 12.8 Å². The van der Waals surface area contributed by atoms with E-state index in [9.17, 15) is 18.5 Å². The molecule has 30 heavy (non-hydrogen) atoms. The Bertz CT molecular complexity index is 1200. The van der Waals surface area contributed by atoms with E-state index in [1.807, 2.05) is 4.90 Å². The zero-order chi connectivity index (χ0) is 21.3. The number of nitro groups is 1. The quantitative estimate of drug-likeness (QED) is 0.377. The van der Waals surface area contributed by atoms with Crippen molar-refractivity contribution in [3.63, 3.8) is 0 Å². The van der Waals surface area contributed by atoms with Crippen LogP contribution in [0.2, 0.25) is 0 Å². The van der Waals surface area contributed by atoms with Crippen molar-refractivity contribution >= 4 is 27.0 Å². The second kappa shape index (κ2) is 7.75. The summed E-state index contributed by atoms with van der Waals surface area (Å²) in [4.78, 5) is 17.6. The second-order valence-corrected chi connectivity index (χ2v) is 9.07. The highest BCUT2D eigenvalue weighted by Gasteiger charge is 2.23. The lowest BCUT2D eigenvalue weighted by Crippen LogP contribution is -2.19. The third-order valence-electron chi connectivity index (χ3n) is 5.07. The summed E-state index contributed by atoms with van der Waals surface area (Å²) in [7, 11) is -3.82. The molecule has 0 saturated carbocycles. The first-order valence-electron chi connectivity index (χ1n) is 9.47. The fraction of sp³-hybridized carbons (Fsp3) is 0.190. The number of nitrogens with two attached hydrogens (primary N) is 1. The van der Waals surface area contributed by atoms with Crippen molar-refractivity contribution in [3.05, 3.63) is 70.8 Å². The molecule has 0 radical (unpaired) electrons. The van der Waals surface area contributed by atoms with E-state index in [0.717, 1.165) is 25.9 Å². The number of anilines is 2. The van der Waals surface area contributed by atoms with Crippen LogP contribution in [0.3, 0.4) is 0 Å². The predicted octanol–water partition coefficient (Wildman–Crippen LogP) is 3.67. The molecule has 0 unspecified atom stereocenters. The lowest BCUT2D eigenvalue weighted by molar-refractivity contribution is -0.384. The predicted molar refractivity (Wildman–Crippen MR) is 114 cm³/mol. The van der Waals surface area contributed by atoms with Crippen molar-refractivity contribution < 1.29 is 13.3 Å². The van der Waals surface area contributed by atoms with Gasteiger partial charge in [-0.05, 0) is 49.2 Å². The zero-order valence-electron chi connectivity index (χ0n) is 16.1. The van der Waals surface area contributed by atoms with Gasteiger partial charge in [-0.3, -0.25) is 10.1 Å². The van der Waals surface area contributed by atoms with Gasteiger partial charge in [0, 0.05) is 36.5 Å². The molecule has 1 fully saturated rings. The second-order valence-electron chi connectivity index (χ2n) is 7.12. The molecule has 0 amide bonds. The Labute approximate surface area is 174 Å². The summed E-state index contributed by atoms with van der Waals surface area (Å²) in [5.74, 6) is 0.547. The van der Waals surface area contributed by atoms with Gasteiger partial charge in [-0.25, -0.2) is 13.4 Å². The summed E-state index contributed by atoms with van der Waals surface area (Å²) in [6.45, 7) is 1.57. The summed E-state index contributed by atoms with van der Waals surface area (Å²) in [6.07, 6.45) is 2.01. The molecule has 2 aromatic carbocycles. The van der Waals surface area contributed by atoms with Crippen molar-refractivity contribution in [2.45, 2.75) is 22.6 Å². The highest BCUT2D eigenvalue weighted by Crippen LogP contribution is 2.31. The van der Waals surface area contributed by atoms with Crippen molar-refractivity contribution in [2.24, 2.45) is 0 Å². The van der Waals surface area contributed by atoms with E-state index in [-0.39, 0.29) is 15.5 Å². The van der Waals surface area contributed by atoms with E-state index >= 15 is 0 Å². The Kier molecular flexibility index (Phi) is 5.13. The summed E-state index contributed by atoms with van der Waals surface area (Å²) in [5.41, 5.74) is 6.94. The first-order chi connectivity index (χ1) is 14.3. The van der Waals surface area contributed by atoms with Crippen molar-refractivity contribution in [1.82, 2.24) is 4.98 Å². The minimum atomic E-state index is -3.82. The Hall–Kier alpha value is -3.46. The number of nitro benzene ring substituents is 1. The van der Waals surface area contributed by atoms with Crippen LogP contribution in [-0.4, -0.2) is 31.4 Å². The molecule has 0 bridgehead atoms. The number of non-ortho nitro benzene ring substituents is 1. The molecule has 4 rings (SSSR count). The average Bonchev–Trinajstić information content (AvgIpc) is 3.29. The summed E-state index contributed by atoms with van der Waals surface area (Å²) in [6, 6.07) is 15.1. The Morgan fingerprint density at radius 2 is 1.67 bits per heavy atom. The van der Waals surface area contributed by atoms with E-state index in [2.05, 4.69) is 4.98 Å². The van der Waals surface area contributed by atoms with Crippen LogP contribution in [0.15, 0.2) is 70.5 Å². The summed E-state index contributed by atoms with van der Waals surface area (Å²) in [5, 5.41) is 11.2. The van der Waals surface area contributed by atoms with Crippen molar-refractivity contribution in [3.8, 4) is 11.3 Å². The van der Waals surface area contributed by atoms with E-state index in [1.165, 1.54) is 42.5 Å². The summed E-state index contributed by atoms with van der Waals surface area (Å²) < 4.78 is 26.6. The van der Waals surface area contributed by atoms with Crippen LogP contribution in [0, 0.1) is 10.1 Å². The van der Waals surface area contributed by atoms with Gasteiger partial charge in [0.25, 0.3) is 5.69 Å². The van der Waals surface area contributed by atoms with Gasteiger partial charge in [-0.15, -0.1) is 0 Å². The van der Waals surface area contributed by atoms with Gasteiger partial charge in [0.1, 0.15) is 5.82 Å². The number of nitrogens with zero attached hydrogens (tertiary/aromatic N) is 3. The maximum atomic E-state index is 13.3. The highest BCUT2D eigenvalue weighted by molar-refractivity contribution is 7.91. The Morgan fingerprint density at radius 3 is 2.33 bits per heavy atom. The van der Waals surface area contributed by atoms with Crippen LogP contribution >= 0.6 is 0 Å². The molecule has 1 saturated heterocycles. The zero-order valence-corrected chi connectivity index (χ0v) is 16.9. The van der Waals surface area contributed by atoms with Gasteiger partial charge in [-0.1, -0.05) is 12.1 Å². The molecular formula is C21H20N4O4S. The van der Waals surface area contributed by atoms with E-state index in [1.54, 1.807) is 18.2 Å². The SMILES string of the molecule is Nc1ccc(S(=O)(=O)c2cc(-c3cccc([N+](=O)[O-])c3)nc(N3CCCC3)c2)cc1. The molecular weight excluding hydrogens is 404 g/mol. The third-order valence-corrected chi connectivity index (χ3v) is 6.82. The van der Waals surface area contributed by atoms with Crippen LogP contribution in [0.4, 0.5) is 17.2 Å². The number of aromatic nitrogens is 1. The Morgan fingerprint density at radius 1 is 0.967 bits per heavy atom.